The first-order chi connectivity index (χ1) is 7.86. The van der Waals surface area contributed by atoms with E-state index in [1.54, 1.807) is 7.11 Å². The first-order valence-corrected chi connectivity index (χ1v) is 7.11. The van der Waals surface area contributed by atoms with Gasteiger partial charge in [0.05, 0.1) is 6.61 Å². The summed E-state index contributed by atoms with van der Waals surface area (Å²) in [5.41, 5.74) is 0. The first kappa shape index (κ1) is 16.9. The fourth-order valence-corrected chi connectivity index (χ4v) is 2.29. The Balaban J connectivity index is 4.35. The van der Waals surface area contributed by atoms with E-state index >= 15 is 0 Å². The summed E-state index contributed by atoms with van der Waals surface area (Å²) < 4.78 is 5.31. The van der Waals surface area contributed by atoms with Gasteiger partial charge >= 0.3 is 0 Å². The number of nitrogens with one attached hydrogen (secondary N) is 1. The minimum absolute atomic E-state index is 0.475. The summed E-state index contributed by atoms with van der Waals surface area (Å²) in [4.78, 5) is 0. The van der Waals surface area contributed by atoms with Crippen LogP contribution in [0.15, 0.2) is 0 Å². The lowest BCUT2D eigenvalue weighted by atomic mass is 9.93. The SMILES string of the molecule is COCC(NC(CC(C)C)CC(C)C)C(C)C. The monoisotopic (exact) mass is 243 g/mol. The molecule has 1 atom stereocenters. The van der Waals surface area contributed by atoms with Crippen LogP contribution in [0, 0.1) is 17.8 Å². The van der Waals surface area contributed by atoms with Crippen LogP contribution in [0.25, 0.3) is 0 Å². The highest BCUT2D eigenvalue weighted by atomic mass is 16.5. The molecule has 0 radical (unpaired) electrons. The Kier molecular flexibility index (Phi) is 8.89. The Hall–Kier alpha value is -0.0800. The van der Waals surface area contributed by atoms with Crippen LogP contribution in [0.5, 0.6) is 0 Å². The molecule has 2 heteroatoms. The van der Waals surface area contributed by atoms with Gasteiger partial charge in [-0.2, -0.15) is 0 Å². The smallest absolute Gasteiger partial charge is 0.0618 e. The molecule has 0 aliphatic heterocycles. The molecule has 104 valence electrons. The molecule has 0 amide bonds. The van der Waals surface area contributed by atoms with Gasteiger partial charge in [-0.25, -0.2) is 0 Å². The highest BCUT2D eigenvalue weighted by Crippen LogP contribution is 2.15. The molecule has 0 saturated heterocycles. The Morgan fingerprint density at radius 3 is 1.65 bits per heavy atom. The van der Waals surface area contributed by atoms with E-state index in [0.29, 0.717) is 18.0 Å². The fraction of sp³-hybridized carbons (Fsp3) is 1.00. The van der Waals surface area contributed by atoms with Gasteiger partial charge < -0.3 is 10.1 Å². The normalized spacial score (nSPS) is 14.3. The molecule has 0 fully saturated rings. The van der Waals surface area contributed by atoms with Crippen molar-refractivity contribution in [2.75, 3.05) is 13.7 Å². The molecular formula is C15H33NO. The van der Waals surface area contributed by atoms with E-state index in [-0.39, 0.29) is 0 Å². The molecule has 0 aromatic rings. The standard InChI is InChI=1S/C15H33NO/c1-11(2)8-14(9-12(3)4)16-15(10-17-7)13(5)6/h11-16H,8-10H2,1-7H3. The highest BCUT2D eigenvalue weighted by Gasteiger charge is 2.19. The lowest BCUT2D eigenvalue weighted by molar-refractivity contribution is 0.134. The van der Waals surface area contributed by atoms with Gasteiger partial charge in [0.2, 0.25) is 0 Å². The van der Waals surface area contributed by atoms with Crippen molar-refractivity contribution in [2.24, 2.45) is 17.8 Å². The van der Waals surface area contributed by atoms with Gasteiger partial charge in [0, 0.05) is 19.2 Å². The zero-order valence-electron chi connectivity index (χ0n) is 12.9. The number of ether oxygens (including phenoxy) is 1. The molecule has 2 nitrogen and oxygen atoms in total. The second-order valence-electron chi connectivity index (χ2n) is 6.43. The molecule has 0 bridgehead atoms. The average molecular weight is 243 g/mol. The third kappa shape index (κ3) is 8.62. The fourth-order valence-electron chi connectivity index (χ4n) is 2.29. The van der Waals surface area contributed by atoms with Crippen molar-refractivity contribution in [1.82, 2.24) is 5.32 Å². The molecule has 0 aliphatic rings. The molecule has 1 unspecified atom stereocenters. The van der Waals surface area contributed by atoms with Gasteiger partial charge in [-0.1, -0.05) is 41.5 Å². The lowest BCUT2D eigenvalue weighted by Crippen LogP contribution is -2.45. The van der Waals surface area contributed by atoms with Gasteiger partial charge in [-0.05, 0) is 30.6 Å². The predicted octanol–water partition coefficient (Wildman–Crippen LogP) is 3.71. The molecular weight excluding hydrogens is 210 g/mol. The van der Waals surface area contributed by atoms with Crippen LogP contribution >= 0.6 is 0 Å². The topological polar surface area (TPSA) is 21.3 Å². The third-order valence-corrected chi connectivity index (χ3v) is 3.11. The van der Waals surface area contributed by atoms with Crippen LogP contribution in [-0.4, -0.2) is 25.8 Å². The Morgan fingerprint density at radius 1 is 0.882 bits per heavy atom. The van der Waals surface area contributed by atoms with Crippen LogP contribution in [0.2, 0.25) is 0 Å². The van der Waals surface area contributed by atoms with Crippen molar-refractivity contribution in [3.05, 3.63) is 0 Å². The summed E-state index contributed by atoms with van der Waals surface area (Å²) in [6, 6.07) is 1.10. The molecule has 0 saturated carbocycles. The van der Waals surface area contributed by atoms with Gasteiger partial charge in [0.15, 0.2) is 0 Å². The van der Waals surface area contributed by atoms with E-state index in [0.717, 1.165) is 18.4 Å². The van der Waals surface area contributed by atoms with Crippen molar-refractivity contribution in [3.8, 4) is 0 Å². The van der Waals surface area contributed by atoms with Crippen molar-refractivity contribution in [1.29, 1.82) is 0 Å². The van der Waals surface area contributed by atoms with Crippen LogP contribution in [0.3, 0.4) is 0 Å². The zero-order valence-corrected chi connectivity index (χ0v) is 12.9. The number of rotatable bonds is 9. The van der Waals surface area contributed by atoms with Crippen LogP contribution in [-0.2, 0) is 4.74 Å². The summed E-state index contributed by atoms with van der Waals surface area (Å²) in [6.07, 6.45) is 2.51. The Bertz CT molecular complexity index is 168. The Labute approximate surface area is 109 Å². The van der Waals surface area contributed by atoms with E-state index in [2.05, 4.69) is 46.9 Å². The molecule has 1 N–H and O–H groups in total. The van der Waals surface area contributed by atoms with E-state index in [1.807, 2.05) is 0 Å². The van der Waals surface area contributed by atoms with Gasteiger partial charge in [0.1, 0.15) is 0 Å². The third-order valence-electron chi connectivity index (χ3n) is 3.11. The first-order valence-electron chi connectivity index (χ1n) is 7.11. The van der Waals surface area contributed by atoms with Crippen molar-refractivity contribution < 1.29 is 4.74 Å². The zero-order chi connectivity index (χ0) is 13.4. The van der Waals surface area contributed by atoms with Crippen LogP contribution in [0.4, 0.5) is 0 Å². The summed E-state index contributed by atoms with van der Waals surface area (Å²) in [7, 11) is 1.79. The number of methoxy groups -OCH3 is 1. The van der Waals surface area contributed by atoms with Gasteiger partial charge in [0.25, 0.3) is 0 Å². The number of hydrogen-bond donors (Lipinski definition) is 1. The summed E-state index contributed by atoms with van der Waals surface area (Å²) in [6.45, 7) is 14.5. The average Bonchev–Trinajstić information content (AvgIpc) is 2.14. The maximum Gasteiger partial charge on any atom is 0.0618 e. The van der Waals surface area contributed by atoms with Crippen molar-refractivity contribution in [2.45, 2.75) is 66.5 Å². The highest BCUT2D eigenvalue weighted by molar-refractivity contribution is 4.78. The summed E-state index contributed by atoms with van der Waals surface area (Å²) >= 11 is 0. The van der Waals surface area contributed by atoms with E-state index < -0.39 is 0 Å². The van der Waals surface area contributed by atoms with E-state index in [9.17, 15) is 0 Å². The quantitative estimate of drug-likeness (QED) is 0.666. The second-order valence-corrected chi connectivity index (χ2v) is 6.43. The minimum atomic E-state index is 0.475. The molecule has 0 rings (SSSR count). The van der Waals surface area contributed by atoms with E-state index in [1.165, 1.54) is 12.8 Å². The molecule has 0 aromatic heterocycles. The van der Waals surface area contributed by atoms with Gasteiger partial charge in [-0.3, -0.25) is 0 Å². The van der Waals surface area contributed by atoms with Crippen LogP contribution < -0.4 is 5.32 Å². The minimum Gasteiger partial charge on any atom is -0.383 e. The van der Waals surface area contributed by atoms with E-state index in [4.69, 9.17) is 4.74 Å². The predicted molar refractivity (Wildman–Crippen MR) is 76.3 cm³/mol. The second kappa shape index (κ2) is 8.93. The summed E-state index contributed by atoms with van der Waals surface area (Å²) in [5.74, 6) is 2.12. The molecule has 0 heterocycles. The molecule has 0 aromatic carbocycles. The van der Waals surface area contributed by atoms with Crippen LogP contribution in [0.1, 0.15) is 54.4 Å². The maximum absolute atomic E-state index is 5.31. The number of hydrogen-bond acceptors (Lipinski definition) is 2. The largest absolute Gasteiger partial charge is 0.383 e. The Morgan fingerprint density at radius 2 is 1.35 bits per heavy atom. The van der Waals surface area contributed by atoms with Crippen molar-refractivity contribution >= 4 is 0 Å². The van der Waals surface area contributed by atoms with Crippen molar-refractivity contribution in [3.63, 3.8) is 0 Å². The molecule has 0 aliphatic carbocycles. The molecule has 17 heavy (non-hydrogen) atoms. The molecule has 0 spiro atoms. The van der Waals surface area contributed by atoms with Gasteiger partial charge in [-0.15, -0.1) is 0 Å². The maximum atomic E-state index is 5.31. The lowest BCUT2D eigenvalue weighted by Gasteiger charge is -2.30. The summed E-state index contributed by atoms with van der Waals surface area (Å²) in [5, 5.41) is 3.79.